The molecule has 0 aliphatic carbocycles. The van der Waals surface area contributed by atoms with Gasteiger partial charge in [-0.15, -0.1) is 11.3 Å². The van der Waals surface area contributed by atoms with Crippen LogP contribution in [-0.2, 0) is 21.0 Å². The molecular weight excluding hydrogens is 495 g/mol. The highest BCUT2D eigenvalue weighted by Gasteiger charge is 2.29. The highest BCUT2D eigenvalue weighted by atomic mass is 32.2. The van der Waals surface area contributed by atoms with Crippen LogP contribution in [0.1, 0.15) is 37.2 Å². The van der Waals surface area contributed by atoms with Crippen LogP contribution in [0.3, 0.4) is 0 Å². The normalized spacial score (nSPS) is 12.2. The molecular formula is C25H22F3N3O2S2. The Labute approximate surface area is 205 Å². The van der Waals surface area contributed by atoms with Crippen molar-refractivity contribution in [2.24, 2.45) is 0 Å². The minimum atomic E-state index is -4.51. The highest BCUT2D eigenvalue weighted by Crippen LogP contribution is 2.41. The summed E-state index contributed by atoms with van der Waals surface area (Å²) in [5.74, 6) is -3.66. The molecule has 35 heavy (non-hydrogen) atoms. The Balaban J connectivity index is 1.85. The minimum absolute atomic E-state index is 0.0738. The fraction of sp³-hybridized carbons (Fsp3) is 0.240. The quantitative estimate of drug-likeness (QED) is 0.312. The Bertz CT molecular complexity index is 1510. The number of hydrogen-bond donors (Lipinski definition) is 0. The number of aryl methyl sites for hydroxylation is 1. The standard InChI is InChI=1S/C25H22F3N3O2S2/c1-14-29-12-11-19(30-14)22-21(31-24(34-22)25(2,3)4)16-8-5-7-15(20(16)28)13-35(32,33)23-17(26)9-6-10-18(23)27/h5-12H,13H2,1-4H3. The molecule has 4 rings (SSSR count). The van der Waals surface area contributed by atoms with Gasteiger partial charge in [-0.2, -0.15) is 0 Å². The molecule has 0 saturated heterocycles. The maximum absolute atomic E-state index is 15.8. The minimum Gasteiger partial charge on any atom is -0.242 e. The number of halogens is 3. The van der Waals surface area contributed by atoms with Gasteiger partial charge in [-0.05, 0) is 31.2 Å². The van der Waals surface area contributed by atoms with Gasteiger partial charge in [0.05, 0.1) is 27.0 Å². The molecule has 0 saturated carbocycles. The van der Waals surface area contributed by atoms with Crippen LogP contribution < -0.4 is 0 Å². The van der Waals surface area contributed by atoms with Crippen molar-refractivity contribution in [3.63, 3.8) is 0 Å². The smallest absolute Gasteiger partial charge is 0.188 e. The number of sulfone groups is 1. The van der Waals surface area contributed by atoms with Gasteiger partial charge in [-0.25, -0.2) is 36.5 Å². The summed E-state index contributed by atoms with van der Waals surface area (Å²) in [4.78, 5) is 12.8. The van der Waals surface area contributed by atoms with Crippen molar-refractivity contribution in [1.29, 1.82) is 0 Å². The molecule has 0 aliphatic rings. The molecule has 0 aliphatic heterocycles. The van der Waals surface area contributed by atoms with E-state index in [0.717, 1.165) is 23.2 Å². The number of aromatic nitrogens is 3. The van der Waals surface area contributed by atoms with Crippen LogP contribution in [0.25, 0.3) is 21.8 Å². The number of benzene rings is 2. The summed E-state index contributed by atoms with van der Waals surface area (Å²) in [5, 5.41) is 0.740. The zero-order chi connectivity index (χ0) is 25.5. The van der Waals surface area contributed by atoms with Gasteiger partial charge in [0.2, 0.25) is 0 Å². The number of rotatable bonds is 5. The first-order valence-electron chi connectivity index (χ1n) is 10.6. The second kappa shape index (κ2) is 9.16. The molecule has 2 aromatic heterocycles. The number of thiazole rings is 1. The monoisotopic (exact) mass is 517 g/mol. The number of nitrogens with zero attached hydrogens (tertiary/aromatic N) is 3. The lowest BCUT2D eigenvalue weighted by molar-refractivity contribution is 0.518. The summed E-state index contributed by atoms with van der Waals surface area (Å²) in [5.41, 5.74) is 0.391. The second-order valence-electron chi connectivity index (χ2n) is 9.02. The molecule has 2 aromatic carbocycles. The van der Waals surface area contributed by atoms with Crippen LogP contribution in [0.15, 0.2) is 53.6 Å². The molecule has 0 radical (unpaired) electrons. The van der Waals surface area contributed by atoms with E-state index in [-0.39, 0.29) is 16.5 Å². The van der Waals surface area contributed by atoms with Crippen molar-refractivity contribution >= 4 is 21.2 Å². The third-order valence-electron chi connectivity index (χ3n) is 5.19. The third-order valence-corrected chi connectivity index (χ3v) is 8.39. The molecule has 0 unspecified atom stereocenters. The maximum Gasteiger partial charge on any atom is 0.188 e. The largest absolute Gasteiger partial charge is 0.242 e. The second-order valence-corrected chi connectivity index (χ2v) is 11.9. The average molecular weight is 518 g/mol. The number of hydrogen-bond acceptors (Lipinski definition) is 6. The lowest BCUT2D eigenvalue weighted by Gasteiger charge is -2.13. The molecule has 4 aromatic rings. The first kappa shape index (κ1) is 25.0. The Morgan fingerprint density at radius 3 is 2.23 bits per heavy atom. The molecule has 0 amide bonds. The van der Waals surface area contributed by atoms with Crippen LogP contribution >= 0.6 is 11.3 Å². The van der Waals surface area contributed by atoms with Crippen LogP contribution in [0, 0.1) is 24.4 Å². The van der Waals surface area contributed by atoms with E-state index in [1.54, 1.807) is 19.2 Å². The van der Waals surface area contributed by atoms with Crippen molar-refractivity contribution in [2.45, 2.75) is 43.8 Å². The highest BCUT2D eigenvalue weighted by molar-refractivity contribution is 7.90. The predicted octanol–water partition coefficient (Wildman–Crippen LogP) is 6.26. The predicted molar refractivity (Wildman–Crippen MR) is 129 cm³/mol. The molecule has 0 spiro atoms. The van der Waals surface area contributed by atoms with Gasteiger partial charge >= 0.3 is 0 Å². The molecule has 182 valence electrons. The van der Waals surface area contributed by atoms with Gasteiger partial charge in [-0.1, -0.05) is 39.0 Å². The van der Waals surface area contributed by atoms with E-state index in [4.69, 9.17) is 4.98 Å². The van der Waals surface area contributed by atoms with Crippen molar-refractivity contribution < 1.29 is 21.6 Å². The molecule has 0 atom stereocenters. The maximum atomic E-state index is 15.8. The summed E-state index contributed by atoms with van der Waals surface area (Å²) < 4.78 is 69.7. The molecule has 0 bridgehead atoms. The zero-order valence-corrected chi connectivity index (χ0v) is 21.1. The molecule has 5 nitrogen and oxygen atoms in total. The summed E-state index contributed by atoms with van der Waals surface area (Å²) in [6.45, 7) is 7.68. The summed E-state index contributed by atoms with van der Waals surface area (Å²) in [7, 11) is -4.51. The van der Waals surface area contributed by atoms with Gasteiger partial charge in [0.25, 0.3) is 0 Å². The van der Waals surface area contributed by atoms with E-state index in [0.29, 0.717) is 22.1 Å². The van der Waals surface area contributed by atoms with Crippen LogP contribution in [0.2, 0.25) is 0 Å². The van der Waals surface area contributed by atoms with E-state index in [9.17, 15) is 17.2 Å². The summed E-state index contributed by atoms with van der Waals surface area (Å²) in [6.07, 6.45) is 1.60. The van der Waals surface area contributed by atoms with Crippen molar-refractivity contribution in [3.05, 3.63) is 82.5 Å². The van der Waals surface area contributed by atoms with Gasteiger partial charge in [0.15, 0.2) is 9.84 Å². The Kier molecular flexibility index (Phi) is 6.54. The first-order chi connectivity index (χ1) is 16.4. The summed E-state index contributed by atoms with van der Waals surface area (Å²) in [6, 6.07) is 8.73. The van der Waals surface area contributed by atoms with E-state index < -0.39 is 37.9 Å². The van der Waals surface area contributed by atoms with Crippen LogP contribution in [0.5, 0.6) is 0 Å². The van der Waals surface area contributed by atoms with E-state index >= 15 is 4.39 Å². The Morgan fingerprint density at radius 2 is 1.60 bits per heavy atom. The van der Waals surface area contributed by atoms with Crippen LogP contribution in [0.4, 0.5) is 13.2 Å². The fourth-order valence-electron chi connectivity index (χ4n) is 3.51. The summed E-state index contributed by atoms with van der Waals surface area (Å²) >= 11 is 1.37. The van der Waals surface area contributed by atoms with Gasteiger partial charge < -0.3 is 0 Å². The van der Waals surface area contributed by atoms with E-state index in [1.165, 1.54) is 29.5 Å². The lowest BCUT2D eigenvalue weighted by Crippen LogP contribution is -2.11. The average Bonchev–Trinajstić information content (AvgIpc) is 3.21. The Morgan fingerprint density at radius 1 is 0.943 bits per heavy atom. The van der Waals surface area contributed by atoms with Crippen molar-refractivity contribution in [1.82, 2.24) is 15.0 Å². The third kappa shape index (κ3) is 4.99. The van der Waals surface area contributed by atoms with Gasteiger partial charge in [-0.3, -0.25) is 0 Å². The zero-order valence-electron chi connectivity index (χ0n) is 19.4. The Hall–Kier alpha value is -3.11. The molecule has 10 heteroatoms. The molecule has 0 fully saturated rings. The fourth-order valence-corrected chi connectivity index (χ4v) is 6.12. The van der Waals surface area contributed by atoms with Crippen molar-refractivity contribution in [3.8, 4) is 21.8 Å². The molecule has 0 N–H and O–H groups in total. The topological polar surface area (TPSA) is 72.8 Å². The van der Waals surface area contributed by atoms with E-state index in [2.05, 4.69) is 9.97 Å². The SMILES string of the molecule is Cc1nccc(-c2sc(C(C)(C)C)nc2-c2cccc(CS(=O)(=O)c3c(F)cccc3F)c2F)n1. The lowest BCUT2D eigenvalue weighted by atomic mass is 9.98. The van der Waals surface area contributed by atoms with Crippen LogP contribution in [-0.4, -0.2) is 23.4 Å². The van der Waals surface area contributed by atoms with E-state index in [1.807, 2.05) is 20.8 Å². The first-order valence-corrected chi connectivity index (χ1v) is 13.1. The van der Waals surface area contributed by atoms with Gasteiger partial charge in [0.1, 0.15) is 28.2 Å². The molecule has 2 heterocycles. The van der Waals surface area contributed by atoms with Gasteiger partial charge in [0, 0.05) is 22.7 Å². The van der Waals surface area contributed by atoms with Crippen molar-refractivity contribution in [2.75, 3.05) is 0 Å².